The van der Waals surface area contributed by atoms with E-state index in [1.165, 1.54) is 17.0 Å². The highest BCUT2D eigenvalue weighted by Gasteiger charge is 2.41. The zero-order valence-electron chi connectivity index (χ0n) is 6.91. The number of hydrogen-bond donors (Lipinski definition) is 1. The number of aliphatic hydroxyl groups excluding tert-OH is 1. The second-order valence-electron chi connectivity index (χ2n) is 2.52. The fourth-order valence-electron chi connectivity index (χ4n) is 0.982. The van der Waals surface area contributed by atoms with E-state index in [1.807, 2.05) is 0 Å². The first kappa shape index (κ1) is 10.0. The monoisotopic (exact) mass is 194 g/mol. The van der Waals surface area contributed by atoms with Gasteiger partial charge in [0, 0.05) is 18.9 Å². The summed E-state index contributed by atoms with van der Waals surface area (Å²) in [5.74, 6) is -0.366. The van der Waals surface area contributed by atoms with Gasteiger partial charge in [0.05, 0.1) is 0 Å². The maximum absolute atomic E-state index is 12.0. The Balaban J connectivity index is 2.94. The average molecular weight is 194 g/mol. The molecule has 3 nitrogen and oxygen atoms in total. The summed E-state index contributed by atoms with van der Waals surface area (Å²) in [6.45, 7) is 2.02. The lowest BCUT2D eigenvalue weighted by molar-refractivity contribution is -0.209. The SMILES string of the molecule is CCn1ccnc1[C@H](O)C(F)(F)F. The van der Waals surface area contributed by atoms with Crippen molar-refractivity contribution in [3.05, 3.63) is 18.2 Å². The van der Waals surface area contributed by atoms with Gasteiger partial charge in [-0.25, -0.2) is 4.98 Å². The molecule has 1 N–H and O–H groups in total. The second kappa shape index (κ2) is 3.37. The molecule has 1 aromatic heterocycles. The first-order valence-corrected chi connectivity index (χ1v) is 3.72. The number of aliphatic hydroxyl groups is 1. The van der Waals surface area contributed by atoms with E-state index in [1.54, 1.807) is 6.92 Å². The molecule has 0 aliphatic carbocycles. The smallest absolute Gasteiger partial charge is 0.377 e. The lowest BCUT2D eigenvalue weighted by atomic mass is 10.3. The van der Waals surface area contributed by atoms with Gasteiger partial charge in [0.2, 0.25) is 6.10 Å². The van der Waals surface area contributed by atoms with Crippen LogP contribution in [0.3, 0.4) is 0 Å². The molecule has 1 atom stereocenters. The topological polar surface area (TPSA) is 38.0 Å². The molecule has 0 aliphatic heterocycles. The van der Waals surface area contributed by atoms with E-state index in [2.05, 4.69) is 4.98 Å². The summed E-state index contributed by atoms with van der Waals surface area (Å²) >= 11 is 0. The van der Waals surface area contributed by atoms with Crippen LogP contribution >= 0.6 is 0 Å². The van der Waals surface area contributed by atoms with Gasteiger partial charge >= 0.3 is 6.18 Å². The van der Waals surface area contributed by atoms with Crippen LogP contribution < -0.4 is 0 Å². The summed E-state index contributed by atoms with van der Waals surface area (Å²) in [5, 5.41) is 8.85. The summed E-state index contributed by atoms with van der Waals surface area (Å²) in [6, 6.07) is 0. The van der Waals surface area contributed by atoms with Crippen molar-refractivity contribution in [3.8, 4) is 0 Å². The molecule has 13 heavy (non-hydrogen) atoms. The van der Waals surface area contributed by atoms with Gasteiger partial charge in [0.1, 0.15) is 5.82 Å². The minimum absolute atomic E-state index is 0.350. The van der Waals surface area contributed by atoms with Crippen LogP contribution in [0.5, 0.6) is 0 Å². The Labute approximate surface area is 72.8 Å². The molecule has 0 spiro atoms. The standard InChI is InChI=1S/C7H9F3N2O/c1-2-12-4-3-11-6(12)5(13)7(8,9)10/h3-5,13H,2H2,1H3/t5-/m0/s1. The Bertz CT molecular complexity index is 282. The quantitative estimate of drug-likeness (QED) is 0.774. The van der Waals surface area contributed by atoms with Gasteiger partial charge in [0.25, 0.3) is 0 Å². The Morgan fingerprint density at radius 2 is 2.23 bits per heavy atom. The molecule has 0 bridgehead atoms. The third-order valence-corrected chi connectivity index (χ3v) is 1.64. The predicted molar refractivity (Wildman–Crippen MR) is 38.9 cm³/mol. The molecule has 0 aliphatic rings. The summed E-state index contributed by atoms with van der Waals surface area (Å²) in [7, 11) is 0. The van der Waals surface area contributed by atoms with Crippen molar-refractivity contribution in [2.75, 3.05) is 0 Å². The lowest BCUT2D eigenvalue weighted by Crippen LogP contribution is -2.23. The van der Waals surface area contributed by atoms with E-state index in [4.69, 9.17) is 5.11 Å². The molecule has 6 heteroatoms. The maximum Gasteiger partial charge on any atom is 0.421 e. The van der Waals surface area contributed by atoms with Crippen LogP contribution in [0.1, 0.15) is 18.9 Å². The Morgan fingerprint density at radius 1 is 1.62 bits per heavy atom. The zero-order chi connectivity index (χ0) is 10.1. The van der Waals surface area contributed by atoms with Crippen LogP contribution in [0.4, 0.5) is 13.2 Å². The van der Waals surface area contributed by atoms with Crippen molar-refractivity contribution in [1.82, 2.24) is 9.55 Å². The summed E-state index contributed by atoms with van der Waals surface area (Å²) in [6.07, 6.45) is -4.53. The normalized spacial score (nSPS) is 14.5. The van der Waals surface area contributed by atoms with E-state index in [0.717, 1.165) is 0 Å². The molecule has 0 saturated heterocycles. The van der Waals surface area contributed by atoms with Crippen LogP contribution in [0, 0.1) is 0 Å². The number of aromatic nitrogens is 2. The van der Waals surface area contributed by atoms with Gasteiger partial charge in [-0.2, -0.15) is 13.2 Å². The number of aryl methyl sites for hydroxylation is 1. The van der Waals surface area contributed by atoms with Crippen molar-refractivity contribution in [2.45, 2.75) is 25.7 Å². The van der Waals surface area contributed by atoms with Gasteiger partial charge in [-0.3, -0.25) is 0 Å². The summed E-state index contributed by atoms with van der Waals surface area (Å²) < 4.78 is 37.3. The molecule has 1 aromatic rings. The minimum atomic E-state index is -4.65. The lowest BCUT2D eigenvalue weighted by Gasteiger charge is -2.14. The number of hydrogen-bond acceptors (Lipinski definition) is 2. The number of rotatable bonds is 2. The summed E-state index contributed by atoms with van der Waals surface area (Å²) in [4.78, 5) is 3.45. The molecule has 1 heterocycles. The molecule has 0 saturated carbocycles. The molecule has 0 unspecified atom stereocenters. The second-order valence-corrected chi connectivity index (χ2v) is 2.52. The molecule has 0 amide bonds. The first-order chi connectivity index (χ1) is 5.96. The molecular formula is C7H9F3N2O. The fourth-order valence-corrected chi connectivity index (χ4v) is 0.982. The number of imidazole rings is 1. The van der Waals surface area contributed by atoms with Crippen molar-refractivity contribution >= 4 is 0 Å². The third kappa shape index (κ3) is 2.00. The summed E-state index contributed by atoms with van der Waals surface area (Å²) in [5.41, 5.74) is 0. The third-order valence-electron chi connectivity index (χ3n) is 1.64. The van der Waals surface area contributed by atoms with Gasteiger partial charge in [-0.1, -0.05) is 0 Å². The van der Waals surface area contributed by atoms with Gasteiger partial charge in [0.15, 0.2) is 0 Å². The van der Waals surface area contributed by atoms with Crippen LogP contribution in [-0.2, 0) is 6.54 Å². The highest BCUT2D eigenvalue weighted by Crippen LogP contribution is 2.31. The van der Waals surface area contributed by atoms with E-state index in [9.17, 15) is 13.2 Å². The molecule has 74 valence electrons. The van der Waals surface area contributed by atoms with E-state index in [0.29, 0.717) is 6.54 Å². The fraction of sp³-hybridized carbons (Fsp3) is 0.571. The first-order valence-electron chi connectivity index (χ1n) is 3.72. The van der Waals surface area contributed by atoms with Gasteiger partial charge < -0.3 is 9.67 Å². The highest BCUT2D eigenvalue weighted by molar-refractivity contribution is 4.98. The molecule has 0 fully saturated rings. The molecule has 0 aromatic carbocycles. The Hall–Kier alpha value is -1.04. The van der Waals surface area contributed by atoms with Crippen molar-refractivity contribution in [2.24, 2.45) is 0 Å². The van der Waals surface area contributed by atoms with Crippen molar-refractivity contribution in [1.29, 1.82) is 0 Å². The van der Waals surface area contributed by atoms with Gasteiger partial charge in [-0.05, 0) is 6.92 Å². The molecule has 1 rings (SSSR count). The van der Waals surface area contributed by atoms with Crippen LogP contribution in [-0.4, -0.2) is 20.8 Å². The largest absolute Gasteiger partial charge is 0.421 e. The Morgan fingerprint density at radius 3 is 2.69 bits per heavy atom. The van der Waals surface area contributed by atoms with E-state index in [-0.39, 0.29) is 5.82 Å². The van der Waals surface area contributed by atoms with Crippen molar-refractivity contribution in [3.63, 3.8) is 0 Å². The zero-order valence-corrected chi connectivity index (χ0v) is 6.91. The minimum Gasteiger partial charge on any atom is -0.377 e. The number of alkyl halides is 3. The van der Waals surface area contributed by atoms with Crippen LogP contribution in [0.15, 0.2) is 12.4 Å². The van der Waals surface area contributed by atoms with Gasteiger partial charge in [-0.15, -0.1) is 0 Å². The van der Waals surface area contributed by atoms with E-state index >= 15 is 0 Å². The number of halogens is 3. The van der Waals surface area contributed by atoms with Crippen molar-refractivity contribution < 1.29 is 18.3 Å². The number of nitrogens with zero attached hydrogens (tertiary/aromatic N) is 2. The van der Waals surface area contributed by atoms with Crippen LogP contribution in [0.2, 0.25) is 0 Å². The highest BCUT2D eigenvalue weighted by atomic mass is 19.4. The molecule has 0 radical (unpaired) electrons. The molecular weight excluding hydrogens is 185 g/mol. The van der Waals surface area contributed by atoms with E-state index < -0.39 is 12.3 Å². The average Bonchev–Trinajstić information content (AvgIpc) is 2.48. The Kier molecular flexibility index (Phi) is 2.60. The van der Waals surface area contributed by atoms with Crippen LogP contribution in [0.25, 0.3) is 0 Å². The maximum atomic E-state index is 12.0. The predicted octanol–water partition coefficient (Wildman–Crippen LogP) is 1.50.